The Bertz CT molecular complexity index is 845. The molecule has 1 aliphatic rings. The highest BCUT2D eigenvalue weighted by molar-refractivity contribution is 7.89. The number of halogens is 2. The van der Waals surface area contributed by atoms with Gasteiger partial charge >= 0.3 is 0 Å². The molecule has 0 aromatic heterocycles. The Hall–Kier alpha value is -1.47. The van der Waals surface area contributed by atoms with Gasteiger partial charge in [0.2, 0.25) is 10.0 Å². The number of hydrogen-bond acceptors (Lipinski definition) is 3. The number of likely N-dealkylation sites (tertiary alicyclic amines) is 1. The van der Waals surface area contributed by atoms with Crippen LogP contribution in [0.5, 0.6) is 0 Å². The Balaban J connectivity index is 1.86. The monoisotopic (exact) mass is 396 g/mol. The standard InChI is InChI=1S/C19H22ClFN2O2S/c1-14-7-9-15(10-8-14)26(24,25)22-13-18(23-11-2-3-12-23)19-16(20)5-4-6-17(19)21/h4-10,18,22H,2-3,11-13H2,1H3. The third-order valence-corrected chi connectivity index (χ3v) is 6.48. The number of nitrogens with zero attached hydrogens (tertiary/aromatic N) is 1. The van der Waals surface area contributed by atoms with E-state index in [4.69, 9.17) is 11.6 Å². The highest BCUT2D eigenvalue weighted by Crippen LogP contribution is 2.32. The number of sulfonamides is 1. The SMILES string of the molecule is Cc1ccc(S(=O)(=O)NCC(c2c(F)cccc2Cl)N2CCCC2)cc1. The molecule has 0 amide bonds. The third kappa shape index (κ3) is 4.26. The van der Waals surface area contributed by atoms with E-state index in [1.807, 2.05) is 6.92 Å². The molecule has 4 nitrogen and oxygen atoms in total. The van der Waals surface area contributed by atoms with E-state index in [0.717, 1.165) is 31.5 Å². The van der Waals surface area contributed by atoms with Crippen LogP contribution in [0.4, 0.5) is 4.39 Å². The van der Waals surface area contributed by atoms with Gasteiger partial charge in [-0.1, -0.05) is 35.4 Å². The lowest BCUT2D eigenvalue weighted by atomic mass is 10.0. The molecule has 1 N–H and O–H groups in total. The van der Waals surface area contributed by atoms with Crippen molar-refractivity contribution in [1.82, 2.24) is 9.62 Å². The first-order valence-corrected chi connectivity index (χ1v) is 10.5. The van der Waals surface area contributed by atoms with Crippen molar-refractivity contribution in [1.29, 1.82) is 0 Å². The van der Waals surface area contributed by atoms with Crippen molar-refractivity contribution in [2.75, 3.05) is 19.6 Å². The zero-order valence-electron chi connectivity index (χ0n) is 14.6. The average molecular weight is 397 g/mol. The number of benzene rings is 2. The first-order chi connectivity index (χ1) is 12.4. The molecule has 2 aromatic carbocycles. The Kier molecular flexibility index (Phi) is 5.97. The minimum Gasteiger partial charge on any atom is -0.295 e. The van der Waals surface area contributed by atoms with E-state index in [2.05, 4.69) is 9.62 Å². The second-order valence-corrected chi connectivity index (χ2v) is 8.73. The minimum atomic E-state index is -3.68. The van der Waals surface area contributed by atoms with E-state index in [0.29, 0.717) is 10.6 Å². The quantitative estimate of drug-likeness (QED) is 0.805. The lowest BCUT2D eigenvalue weighted by molar-refractivity contribution is 0.241. The average Bonchev–Trinajstić information content (AvgIpc) is 3.12. The van der Waals surface area contributed by atoms with E-state index in [-0.39, 0.29) is 11.4 Å². The van der Waals surface area contributed by atoms with Crippen LogP contribution in [-0.4, -0.2) is 33.0 Å². The number of rotatable bonds is 6. The van der Waals surface area contributed by atoms with Crippen molar-refractivity contribution in [2.45, 2.75) is 30.7 Å². The topological polar surface area (TPSA) is 49.4 Å². The maximum atomic E-state index is 14.5. The highest BCUT2D eigenvalue weighted by atomic mass is 35.5. The Morgan fingerprint density at radius 2 is 1.81 bits per heavy atom. The van der Waals surface area contributed by atoms with E-state index in [1.165, 1.54) is 6.07 Å². The van der Waals surface area contributed by atoms with E-state index < -0.39 is 21.9 Å². The van der Waals surface area contributed by atoms with E-state index in [1.54, 1.807) is 36.4 Å². The summed E-state index contributed by atoms with van der Waals surface area (Å²) in [6.07, 6.45) is 2.01. The van der Waals surface area contributed by atoms with Crippen LogP contribution in [0, 0.1) is 12.7 Å². The molecule has 1 heterocycles. The summed E-state index contributed by atoms with van der Waals surface area (Å²) in [6, 6.07) is 10.7. The highest BCUT2D eigenvalue weighted by Gasteiger charge is 2.29. The smallest absolute Gasteiger partial charge is 0.240 e. The van der Waals surface area contributed by atoms with Crippen LogP contribution in [0.2, 0.25) is 5.02 Å². The predicted octanol–water partition coefficient (Wildman–Crippen LogP) is 3.90. The summed E-state index contributed by atoms with van der Waals surface area (Å²) in [4.78, 5) is 2.28. The number of aryl methyl sites for hydroxylation is 1. The van der Waals surface area contributed by atoms with E-state index >= 15 is 0 Å². The summed E-state index contributed by atoms with van der Waals surface area (Å²) in [5.74, 6) is -0.413. The summed E-state index contributed by atoms with van der Waals surface area (Å²) < 4.78 is 42.3. The Morgan fingerprint density at radius 1 is 1.15 bits per heavy atom. The van der Waals surface area contributed by atoms with E-state index in [9.17, 15) is 12.8 Å². The second-order valence-electron chi connectivity index (χ2n) is 6.56. The van der Waals surface area contributed by atoms with Gasteiger partial charge in [-0.05, 0) is 57.1 Å². The molecular weight excluding hydrogens is 375 g/mol. The molecule has 26 heavy (non-hydrogen) atoms. The maximum Gasteiger partial charge on any atom is 0.240 e. The molecule has 3 rings (SSSR count). The fraction of sp³-hybridized carbons (Fsp3) is 0.368. The van der Waals surface area contributed by atoms with Crippen molar-refractivity contribution in [3.63, 3.8) is 0 Å². The molecule has 0 bridgehead atoms. The van der Waals surface area contributed by atoms with Crippen LogP contribution in [0.25, 0.3) is 0 Å². The summed E-state index contributed by atoms with van der Waals surface area (Å²) in [5.41, 5.74) is 1.33. The van der Waals surface area contributed by atoms with Crippen molar-refractivity contribution in [3.05, 3.63) is 64.4 Å². The summed E-state index contributed by atoms with van der Waals surface area (Å²) in [7, 11) is -3.68. The van der Waals surface area contributed by atoms with Gasteiger partial charge in [0, 0.05) is 17.1 Å². The molecule has 0 radical (unpaired) electrons. The fourth-order valence-electron chi connectivity index (χ4n) is 3.29. The van der Waals surface area contributed by atoms with Gasteiger partial charge < -0.3 is 0 Å². The van der Waals surface area contributed by atoms with Gasteiger partial charge in [-0.15, -0.1) is 0 Å². The zero-order valence-corrected chi connectivity index (χ0v) is 16.2. The third-order valence-electron chi connectivity index (χ3n) is 4.71. The summed E-state index contributed by atoms with van der Waals surface area (Å²) >= 11 is 6.24. The van der Waals surface area contributed by atoms with Gasteiger partial charge in [-0.3, -0.25) is 4.90 Å². The predicted molar refractivity (Wildman–Crippen MR) is 101 cm³/mol. The van der Waals surface area contributed by atoms with Crippen LogP contribution in [0.15, 0.2) is 47.4 Å². The Morgan fingerprint density at radius 3 is 2.42 bits per heavy atom. The van der Waals surface area contributed by atoms with Gasteiger partial charge in [0.05, 0.1) is 10.9 Å². The van der Waals surface area contributed by atoms with Gasteiger partial charge in [-0.2, -0.15) is 0 Å². The molecule has 1 atom stereocenters. The van der Waals surface area contributed by atoms with Gasteiger partial charge in [0.1, 0.15) is 5.82 Å². The number of hydrogen-bond donors (Lipinski definition) is 1. The molecule has 140 valence electrons. The maximum absolute atomic E-state index is 14.5. The number of nitrogens with one attached hydrogen (secondary N) is 1. The second kappa shape index (κ2) is 8.05. The largest absolute Gasteiger partial charge is 0.295 e. The zero-order chi connectivity index (χ0) is 18.7. The molecule has 1 fully saturated rings. The first kappa shape index (κ1) is 19.3. The van der Waals surface area contributed by atoms with Crippen LogP contribution in [0.1, 0.15) is 30.0 Å². The molecule has 0 saturated carbocycles. The Labute approximate surface area is 159 Å². The van der Waals surface area contributed by atoms with Crippen molar-refractivity contribution in [3.8, 4) is 0 Å². The van der Waals surface area contributed by atoms with Crippen molar-refractivity contribution >= 4 is 21.6 Å². The summed E-state index contributed by atoms with van der Waals surface area (Å²) in [5, 5.41) is 0.316. The molecule has 1 aliphatic heterocycles. The van der Waals surface area contributed by atoms with Gasteiger partial charge in [0.25, 0.3) is 0 Å². The normalized spacial score (nSPS) is 16.7. The van der Waals surface area contributed by atoms with Crippen molar-refractivity contribution in [2.24, 2.45) is 0 Å². The van der Waals surface area contributed by atoms with Crippen LogP contribution in [0.3, 0.4) is 0 Å². The van der Waals surface area contributed by atoms with Gasteiger partial charge in [0.15, 0.2) is 0 Å². The van der Waals surface area contributed by atoms with Crippen molar-refractivity contribution < 1.29 is 12.8 Å². The molecule has 1 saturated heterocycles. The van der Waals surface area contributed by atoms with Crippen LogP contribution < -0.4 is 4.72 Å². The molecule has 1 unspecified atom stereocenters. The minimum absolute atomic E-state index is 0.0663. The van der Waals surface area contributed by atoms with Crippen LogP contribution >= 0.6 is 11.6 Å². The molecule has 0 aliphatic carbocycles. The van der Waals surface area contributed by atoms with Gasteiger partial charge in [-0.25, -0.2) is 17.5 Å². The fourth-order valence-corrected chi connectivity index (χ4v) is 4.61. The first-order valence-electron chi connectivity index (χ1n) is 8.63. The van der Waals surface area contributed by atoms with Crippen LogP contribution in [-0.2, 0) is 10.0 Å². The summed E-state index contributed by atoms with van der Waals surface area (Å²) in [6.45, 7) is 3.55. The molecule has 2 aromatic rings. The molecule has 0 spiro atoms. The molecule has 7 heteroatoms. The lowest BCUT2D eigenvalue weighted by Crippen LogP contribution is -2.37. The molecular formula is C19H22ClFN2O2S. The lowest BCUT2D eigenvalue weighted by Gasteiger charge is -2.29.